The van der Waals surface area contributed by atoms with Crippen LogP contribution >= 0.6 is 0 Å². The molecule has 128 valence electrons. The summed E-state index contributed by atoms with van der Waals surface area (Å²) in [5.74, 6) is 1.24. The summed E-state index contributed by atoms with van der Waals surface area (Å²) in [6.45, 7) is 2.59. The Labute approximate surface area is 147 Å². The molecule has 5 nitrogen and oxygen atoms in total. The molecule has 0 amide bonds. The van der Waals surface area contributed by atoms with Crippen molar-refractivity contribution >= 4 is 11.8 Å². The third-order valence-corrected chi connectivity index (χ3v) is 3.76. The lowest BCUT2D eigenvalue weighted by Crippen LogP contribution is -2.21. The predicted octanol–water partition coefficient (Wildman–Crippen LogP) is 3.55. The van der Waals surface area contributed by atoms with Crippen molar-refractivity contribution in [2.75, 3.05) is 17.2 Å². The molecule has 0 saturated heterocycles. The molecule has 2 aromatic carbocycles. The lowest BCUT2D eigenvalue weighted by molar-refractivity contribution is 0.281. The molecule has 3 aromatic rings. The molecule has 0 fully saturated rings. The van der Waals surface area contributed by atoms with Crippen LogP contribution in [0.4, 0.5) is 11.8 Å². The van der Waals surface area contributed by atoms with E-state index in [0.717, 1.165) is 17.1 Å². The zero-order valence-electron chi connectivity index (χ0n) is 14.2. The molecule has 0 unspecified atom stereocenters. The van der Waals surface area contributed by atoms with Gasteiger partial charge in [0.2, 0.25) is 5.95 Å². The lowest BCUT2D eigenvalue weighted by atomic mass is 10.1. The van der Waals surface area contributed by atoms with E-state index in [1.807, 2.05) is 61.5 Å². The Morgan fingerprint density at radius 2 is 1.64 bits per heavy atom. The fourth-order valence-electron chi connectivity index (χ4n) is 2.41. The smallest absolute Gasteiger partial charge is 0.225 e. The summed E-state index contributed by atoms with van der Waals surface area (Å²) in [7, 11) is 0. The molecule has 0 saturated carbocycles. The quantitative estimate of drug-likeness (QED) is 0.616. The molecular formula is C20H22N4O. The van der Waals surface area contributed by atoms with Gasteiger partial charge in [-0.2, -0.15) is 4.98 Å². The first kappa shape index (κ1) is 16.9. The van der Waals surface area contributed by atoms with Crippen molar-refractivity contribution in [2.24, 2.45) is 0 Å². The van der Waals surface area contributed by atoms with Crippen LogP contribution in [0.15, 0.2) is 66.7 Å². The maximum atomic E-state index is 9.27. The normalized spacial score (nSPS) is 11.8. The van der Waals surface area contributed by atoms with Crippen LogP contribution in [-0.2, 0) is 6.54 Å². The topological polar surface area (TPSA) is 70.1 Å². The van der Waals surface area contributed by atoms with Crippen LogP contribution in [0.2, 0.25) is 0 Å². The number of hydrogen-bond donors (Lipinski definition) is 3. The average Bonchev–Trinajstić information content (AvgIpc) is 2.67. The summed E-state index contributed by atoms with van der Waals surface area (Å²) in [5.41, 5.74) is 3.03. The van der Waals surface area contributed by atoms with E-state index in [4.69, 9.17) is 0 Å². The van der Waals surface area contributed by atoms with Gasteiger partial charge in [-0.1, -0.05) is 60.7 Å². The van der Waals surface area contributed by atoms with E-state index in [1.165, 1.54) is 5.56 Å². The van der Waals surface area contributed by atoms with E-state index in [9.17, 15) is 5.11 Å². The zero-order chi connectivity index (χ0) is 17.5. The molecule has 0 aliphatic heterocycles. The molecule has 0 spiro atoms. The van der Waals surface area contributed by atoms with Crippen LogP contribution in [-0.4, -0.2) is 27.7 Å². The highest BCUT2D eigenvalue weighted by atomic mass is 16.3. The number of rotatable bonds is 7. The Morgan fingerprint density at radius 3 is 2.32 bits per heavy atom. The van der Waals surface area contributed by atoms with E-state index < -0.39 is 0 Å². The van der Waals surface area contributed by atoms with Gasteiger partial charge in [-0.25, -0.2) is 4.98 Å². The first-order valence-electron chi connectivity index (χ1n) is 8.34. The molecule has 3 rings (SSSR count). The van der Waals surface area contributed by atoms with Crippen molar-refractivity contribution in [3.8, 4) is 11.3 Å². The Balaban J connectivity index is 1.86. The third kappa shape index (κ3) is 4.78. The molecule has 0 bridgehead atoms. The lowest BCUT2D eigenvalue weighted by Gasteiger charge is -2.14. The molecule has 25 heavy (non-hydrogen) atoms. The van der Waals surface area contributed by atoms with Gasteiger partial charge in [0.25, 0.3) is 0 Å². The largest absolute Gasteiger partial charge is 0.394 e. The van der Waals surface area contributed by atoms with Gasteiger partial charge in [-0.3, -0.25) is 0 Å². The Bertz CT molecular complexity index is 793. The number of aromatic nitrogens is 2. The summed E-state index contributed by atoms with van der Waals surface area (Å²) in [5, 5.41) is 15.7. The molecule has 0 aliphatic rings. The fourth-order valence-corrected chi connectivity index (χ4v) is 2.41. The Morgan fingerprint density at radius 1 is 0.960 bits per heavy atom. The van der Waals surface area contributed by atoms with E-state index >= 15 is 0 Å². The van der Waals surface area contributed by atoms with E-state index in [-0.39, 0.29) is 12.6 Å². The second kappa shape index (κ2) is 8.26. The maximum absolute atomic E-state index is 9.27. The number of aliphatic hydroxyl groups excluding tert-OH is 1. The number of benzene rings is 2. The second-order valence-corrected chi connectivity index (χ2v) is 5.90. The molecule has 1 aromatic heterocycles. The number of hydrogen-bond acceptors (Lipinski definition) is 5. The summed E-state index contributed by atoms with van der Waals surface area (Å²) >= 11 is 0. The van der Waals surface area contributed by atoms with Crippen LogP contribution in [0, 0.1) is 0 Å². The average molecular weight is 334 g/mol. The molecule has 1 heterocycles. The SMILES string of the molecule is C[C@H](CO)Nc1nc(NCc2ccccc2)cc(-c2ccccc2)n1. The molecule has 0 radical (unpaired) electrons. The van der Waals surface area contributed by atoms with Crippen LogP contribution in [0.1, 0.15) is 12.5 Å². The summed E-state index contributed by atoms with van der Waals surface area (Å²) in [4.78, 5) is 9.09. The van der Waals surface area contributed by atoms with Crippen LogP contribution < -0.4 is 10.6 Å². The van der Waals surface area contributed by atoms with Crippen molar-refractivity contribution in [3.05, 3.63) is 72.3 Å². The van der Waals surface area contributed by atoms with Crippen LogP contribution in [0.5, 0.6) is 0 Å². The minimum atomic E-state index is -0.118. The zero-order valence-corrected chi connectivity index (χ0v) is 14.2. The third-order valence-electron chi connectivity index (χ3n) is 3.76. The second-order valence-electron chi connectivity index (χ2n) is 5.90. The van der Waals surface area contributed by atoms with Gasteiger partial charge < -0.3 is 15.7 Å². The van der Waals surface area contributed by atoms with Gasteiger partial charge in [0.1, 0.15) is 5.82 Å². The monoisotopic (exact) mass is 334 g/mol. The van der Waals surface area contributed by atoms with Crippen molar-refractivity contribution < 1.29 is 5.11 Å². The molecular weight excluding hydrogens is 312 g/mol. The van der Waals surface area contributed by atoms with Crippen molar-refractivity contribution in [1.82, 2.24) is 9.97 Å². The highest BCUT2D eigenvalue weighted by Crippen LogP contribution is 2.22. The fraction of sp³-hybridized carbons (Fsp3) is 0.200. The van der Waals surface area contributed by atoms with Crippen molar-refractivity contribution in [2.45, 2.75) is 19.5 Å². The minimum absolute atomic E-state index is 0.0195. The van der Waals surface area contributed by atoms with Crippen LogP contribution in [0.25, 0.3) is 11.3 Å². The summed E-state index contributed by atoms with van der Waals surface area (Å²) in [6, 6.07) is 22.0. The molecule has 5 heteroatoms. The van der Waals surface area contributed by atoms with Gasteiger partial charge in [0.05, 0.1) is 12.3 Å². The van der Waals surface area contributed by atoms with Crippen LogP contribution in [0.3, 0.4) is 0 Å². The maximum Gasteiger partial charge on any atom is 0.225 e. The molecule has 0 aliphatic carbocycles. The van der Waals surface area contributed by atoms with Gasteiger partial charge in [0, 0.05) is 24.2 Å². The van der Waals surface area contributed by atoms with Crippen molar-refractivity contribution in [1.29, 1.82) is 0 Å². The number of aliphatic hydroxyl groups is 1. The number of anilines is 2. The Hall–Kier alpha value is -2.92. The first-order chi connectivity index (χ1) is 12.2. The van der Waals surface area contributed by atoms with Gasteiger partial charge in [-0.05, 0) is 12.5 Å². The number of nitrogens with one attached hydrogen (secondary N) is 2. The van der Waals surface area contributed by atoms with Crippen molar-refractivity contribution in [3.63, 3.8) is 0 Å². The van der Waals surface area contributed by atoms with E-state index in [2.05, 4.69) is 32.7 Å². The minimum Gasteiger partial charge on any atom is -0.394 e. The standard InChI is InChI=1S/C20H22N4O/c1-15(14-25)22-20-23-18(17-10-6-3-7-11-17)12-19(24-20)21-13-16-8-4-2-5-9-16/h2-12,15,25H,13-14H2,1H3,(H2,21,22,23,24)/t15-/m1/s1. The first-order valence-corrected chi connectivity index (χ1v) is 8.34. The Kier molecular flexibility index (Phi) is 5.59. The molecule has 1 atom stereocenters. The highest BCUT2D eigenvalue weighted by molar-refractivity contribution is 5.64. The van der Waals surface area contributed by atoms with E-state index in [0.29, 0.717) is 12.5 Å². The summed E-state index contributed by atoms with van der Waals surface area (Å²) in [6.07, 6.45) is 0. The summed E-state index contributed by atoms with van der Waals surface area (Å²) < 4.78 is 0. The highest BCUT2D eigenvalue weighted by Gasteiger charge is 2.09. The van der Waals surface area contributed by atoms with Gasteiger partial charge >= 0.3 is 0 Å². The van der Waals surface area contributed by atoms with E-state index in [1.54, 1.807) is 0 Å². The van der Waals surface area contributed by atoms with Gasteiger partial charge in [0.15, 0.2) is 0 Å². The number of nitrogens with zero attached hydrogens (tertiary/aromatic N) is 2. The van der Waals surface area contributed by atoms with Gasteiger partial charge in [-0.15, -0.1) is 0 Å². The predicted molar refractivity (Wildman–Crippen MR) is 101 cm³/mol. The molecule has 3 N–H and O–H groups in total.